The summed E-state index contributed by atoms with van der Waals surface area (Å²) in [6.07, 6.45) is 1.14. The maximum atomic E-state index is 5.81. The van der Waals surface area contributed by atoms with Crippen LogP contribution in [0.5, 0.6) is 5.75 Å². The van der Waals surface area contributed by atoms with Crippen LogP contribution >= 0.6 is 0 Å². The monoisotopic (exact) mass is 531 g/mol. The molecular weight excluding hydrogens is 482 g/mol. The minimum absolute atomic E-state index is 0.445. The third-order valence-electron chi connectivity index (χ3n) is 5.11. The first-order valence-electron chi connectivity index (χ1n) is 13.3. The van der Waals surface area contributed by atoms with Gasteiger partial charge in [0.2, 0.25) is 0 Å². The van der Waals surface area contributed by atoms with E-state index in [1.165, 1.54) is 0 Å². The van der Waals surface area contributed by atoms with Crippen molar-refractivity contribution in [3.05, 3.63) is 24.3 Å². The van der Waals surface area contributed by atoms with Gasteiger partial charge in [0.25, 0.3) is 0 Å². The summed E-state index contributed by atoms with van der Waals surface area (Å²) in [6.45, 7) is 13.6. The van der Waals surface area contributed by atoms with E-state index in [1.54, 1.807) is 6.07 Å². The predicted molar refractivity (Wildman–Crippen MR) is 142 cm³/mol. The van der Waals surface area contributed by atoms with Gasteiger partial charge in [-0.1, -0.05) is 32.4 Å². The van der Waals surface area contributed by atoms with Crippen molar-refractivity contribution in [2.45, 2.75) is 20.3 Å². The average molecular weight is 532 g/mol. The second-order valence-electron chi connectivity index (χ2n) is 8.26. The quantitative estimate of drug-likeness (QED) is 0.128. The minimum Gasteiger partial charge on any atom is -0.489 e. The lowest BCUT2D eigenvalue weighted by Crippen LogP contribution is -2.15. The molecular formula is C27H49NO9. The summed E-state index contributed by atoms with van der Waals surface area (Å²) in [7, 11) is 0. The highest BCUT2D eigenvalue weighted by Gasteiger charge is 1.99. The Morgan fingerprint density at radius 2 is 0.892 bits per heavy atom. The van der Waals surface area contributed by atoms with Crippen LogP contribution in [0.4, 0.5) is 5.69 Å². The molecule has 0 aliphatic carbocycles. The van der Waals surface area contributed by atoms with Gasteiger partial charge in [0, 0.05) is 6.61 Å². The zero-order valence-corrected chi connectivity index (χ0v) is 22.9. The lowest BCUT2D eigenvalue weighted by Gasteiger charge is -2.10. The Morgan fingerprint density at radius 3 is 1.27 bits per heavy atom. The molecule has 0 bridgehead atoms. The molecule has 0 saturated heterocycles. The third-order valence-corrected chi connectivity index (χ3v) is 5.11. The number of benzene rings is 1. The van der Waals surface area contributed by atoms with E-state index < -0.39 is 0 Å². The maximum Gasteiger partial charge on any atom is 0.142 e. The molecule has 37 heavy (non-hydrogen) atoms. The number of hydrogen-bond donors (Lipinski definition) is 1. The highest BCUT2D eigenvalue weighted by Crippen LogP contribution is 2.19. The van der Waals surface area contributed by atoms with Crippen molar-refractivity contribution in [1.82, 2.24) is 0 Å². The molecule has 0 radical (unpaired) electrons. The Bertz CT molecular complexity index is 609. The van der Waals surface area contributed by atoms with Crippen molar-refractivity contribution in [2.24, 2.45) is 5.92 Å². The standard InChI is InChI=1S/C27H49NO9/c1-3-25(2)24-36-21-20-34-17-16-32-13-12-30-9-8-29-10-11-31-14-15-33-18-19-35-22-23-37-27-7-5-4-6-26(27)28/h4-7,25H,3,8-24,28H2,1-2H3. The van der Waals surface area contributed by atoms with Crippen LogP contribution in [0, 0.1) is 5.92 Å². The van der Waals surface area contributed by atoms with Gasteiger partial charge in [-0.3, -0.25) is 0 Å². The van der Waals surface area contributed by atoms with Gasteiger partial charge < -0.3 is 48.4 Å². The van der Waals surface area contributed by atoms with E-state index in [0.29, 0.717) is 123 Å². The first kappa shape index (κ1) is 33.5. The Hall–Kier alpha value is -1.50. The molecule has 1 unspecified atom stereocenters. The highest BCUT2D eigenvalue weighted by atomic mass is 16.6. The molecule has 0 aliphatic heterocycles. The zero-order chi connectivity index (χ0) is 26.7. The number of nitrogen functional groups attached to an aromatic ring is 1. The second-order valence-corrected chi connectivity index (χ2v) is 8.26. The third kappa shape index (κ3) is 22.2. The summed E-state index contributed by atoms with van der Waals surface area (Å²) in [4.78, 5) is 0. The molecule has 1 rings (SSSR count). The fourth-order valence-corrected chi connectivity index (χ4v) is 2.76. The molecule has 216 valence electrons. The second kappa shape index (κ2) is 26.1. The molecule has 0 fully saturated rings. The van der Waals surface area contributed by atoms with E-state index in [4.69, 9.17) is 48.4 Å². The summed E-state index contributed by atoms with van der Waals surface area (Å²) >= 11 is 0. The number of para-hydroxylation sites is 2. The Kier molecular flexibility index (Phi) is 23.7. The van der Waals surface area contributed by atoms with Gasteiger partial charge in [-0.05, 0) is 18.1 Å². The largest absolute Gasteiger partial charge is 0.489 e. The topological polar surface area (TPSA) is 109 Å². The summed E-state index contributed by atoms with van der Waals surface area (Å²) in [5, 5.41) is 0. The molecule has 0 amide bonds. The van der Waals surface area contributed by atoms with Crippen molar-refractivity contribution in [2.75, 3.05) is 118 Å². The molecule has 1 atom stereocenters. The van der Waals surface area contributed by atoms with E-state index in [1.807, 2.05) is 18.2 Å². The van der Waals surface area contributed by atoms with Gasteiger partial charge in [-0.15, -0.1) is 0 Å². The molecule has 1 aromatic rings. The molecule has 0 aliphatic rings. The van der Waals surface area contributed by atoms with E-state index in [0.717, 1.165) is 13.0 Å². The van der Waals surface area contributed by atoms with Crippen LogP contribution in [-0.4, -0.2) is 112 Å². The maximum absolute atomic E-state index is 5.81. The number of anilines is 1. The molecule has 1 aromatic carbocycles. The van der Waals surface area contributed by atoms with Gasteiger partial charge >= 0.3 is 0 Å². The Labute approximate surface area is 222 Å². The predicted octanol–water partition coefficient (Wildman–Crippen LogP) is 2.83. The van der Waals surface area contributed by atoms with E-state index in [2.05, 4.69) is 13.8 Å². The Morgan fingerprint density at radius 1 is 0.541 bits per heavy atom. The van der Waals surface area contributed by atoms with Crippen LogP contribution in [0.2, 0.25) is 0 Å². The molecule has 2 N–H and O–H groups in total. The molecule has 0 heterocycles. The number of hydrogen-bond acceptors (Lipinski definition) is 10. The fourth-order valence-electron chi connectivity index (χ4n) is 2.76. The van der Waals surface area contributed by atoms with Crippen LogP contribution in [0.3, 0.4) is 0 Å². The number of ether oxygens (including phenoxy) is 9. The van der Waals surface area contributed by atoms with Crippen LogP contribution in [0.15, 0.2) is 24.3 Å². The van der Waals surface area contributed by atoms with E-state index >= 15 is 0 Å². The van der Waals surface area contributed by atoms with Gasteiger partial charge in [0.1, 0.15) is 12.4 Å². The normalized spacial score (nSPS) is 12.2. The zero-order valence-electron chi connectivity index (χ0n) is 22.9. The van der Waals surface area contributed by atoms with E-state index in [9.17, 15) is 0 Å². The fraction of sp³-hybridized carbons (Fsp3) is 0.778. The summed E-state index contributed by atoms with van der Waals surface area (Å²) in [6, 6.07) is 7.39. The van der Waals surface area contributed by atoms with Gasteiger partial charge in [0.05, 0.1) is 105 Å². The van der Waals surface area contributed by atoms with Crippen LogP contribution < -0.4 is 10.5 Å². The molecule has 0 spiro atoms. The van der Waals surface area contributed by atoms with E-state index in [-0.39, 0.29) is 0 Å². The van der Waals surface area contributed by atoms with Crippen LogP contribution in [-0.2, 0) is 37.9 Å². The first-order valence-corrected chi connectivity index (χ1v) is 13.3. The number of rotatable bonds is 28. The molecule has 0 aromatic heterocycles. The van der Waals surface area contributed by atoms with Crippen LogP contribution in [0.1, 0.15) is 20.3 Å². The van der Waals surface area contributed by atoms with Crippen LogP contribution in [0.25, 0.3) is 0 Å². The summed E-state index contributed by atoms with van der Waals surface area (Å²) in [5.41, 5.74) is 6.43. The molecule has 0 saturated carbocycles. The van der Waals surface area contributed by atoms with Crippen molar-refractivity contribution < 1.29 is 42.6 Å². The van der Waals surface area contributed by atoms with Crippen molar-refractivity contribution in [1.29, 1.82) is 0 Å². The van der Waals surface area contributed by atoms with Crippen molar-refractivity contribution >= 4 is 5.69 Å². The van der Waals surface area contributed by atoms with Crippen molar-refractivity contribution in [3.63, 3.8) is 0 Å². The lowest BCUT2D eigenvalue weighted by atomic mass is 10.1. The summed E-state index contributed by atoms with van der Waals surface area (Å²) < 4.78 is 49.3. The molecule has 10 nitrogen and oxygen atoms in total. The summed E-state index contributed by atoms with van der Waals surface area (Å²) in [5.74, 6) is 1.27. The SMILES string of the molecule is CCC(C)COCCOCCOCCOCCOCCOCCOCCOCCOc1ccccc1N. The Balaban J connectivity index is 1.66. The first-order chi connectivity index (χ1) is 18.2. The van der Waals surface area contributed by atoms with Gasteiger partial charge in [-0.25, -0.2) is 0 Å². The average Bonchev–Trinajstić information content (AvgIpc) is 2.91. The number of nitrogens with two attached hydrogens (primary N) is 1. The van der Waals surface area contributed by atoms with Gasteiger partial charge in [-0.2, -0.15) is 0 Å². The smallest absolute Gasteiger partial charge is 0.142 e. The minimum atomic E-state index is 0.445. The highest BCUT2D eigenvalue weighted by molar-refractivity contribution is 5.51. The van der Waals surface area contributed by atoms with Crippen molar-refractivity contribution in [3.8, 4) is 5.75 Å². The lowest BCUT2D eigenvalue weighted by molar-refractivity contribution is -0.0242. The molecule has 10 heteroatoms. The van der Waals surface area contributed by atoms with Gasteiger partial charge in [0.15, 0.2) is 0 Å².